The van der Waals surface area contributed by atoms with Gasteiger partial charge >= 0.3 is 0 Å². The van der Waals surface area contributed by atoms with Crippen molar-refractivity contribution in [2.24, 2.45) is 0 Å². The van der Waals surface area contributed by atoms with Crippen molar-refractivity contribution >= 4 is 34.5 Å². The Morgan fingerprint density at radius 2 is 2.14 bits per heavy atom. The quantitative estimate of drug-likeness (QED) is 0.906. The monoisotopic (exact) mass is 320 g/mol. The van der Waals surface area contributed by atoms with Gasteiger partial charge in [0.05, 0.1) is 11.7 Å². The van der Waals surface area contributed by atoms with Gasteiger partial charge in [-0.1, -0.05) is 29.8 Å². The lowest BCUT2D eigenvalue weighted by Crippen LogP contribution is -2.32. The molecular formula is C16H17ClN2OS. The van der Waals surface area contributed by atoms with Gasteiger partial charge in [0.15, 0.2) is 0 Å². The molecule has 3 rings (SSSR count). The molecule has 110 valence electrons. The fourth-order valence-corrected chi connectivity index (χ4v) is 3.98. The molecule has 0 saturated heterocycles. The molecule has 0 radical (unpaired) electrons. The number of thiophene rings is 1. The van der Waals surface area contributed by atoms with E-state index in [2.05, 4.69) is 23.2 Å². The van der Waals surface area contributed by atoms with Crippen LogP contribution in [0.1, 0.15) is 33.1 Å². The fourth-order valence-electron chi connectivity index (χ4n) is 2.75. The minimum atomic E-state index is 0.0250. The predicted octanol–water partition coefficient (Wildman–Crippen LogP) is 4.02. The summed E-state index contributed by atoms with van der Waals surface area (Å²) in [5, 5.41) is 3.73. The molecule has 1 aromatic heterocycles. The maximum absolute atomic E-state index is 12.1. The zero-order valence-corrected chi connectivity index (χ0v) is 13.6. The second-order valence-electron chi connectivity index (χ2n) is 5.22. The molecular weight excluding hydrogens is 304 g/mol. The number of aryl methyl sites for hydroxylation is 1. The van der Waals surface area contributed by atoms with Crippen molar-refractivity contribution in [3.05, 3.63) is 50.7 Å². The third-order valence-electron chi connectivity index (χ3n) is 3.81. The van der Waals surface area contributed by atoms with Crippen molar-refractivity contribution in [2.45, 2.75) is 19.9 Å². The SMILES string of the molecule is Cc1cc2c(s1)C(=O)NCCN2C(C)c1ccccc1Cl. The maximum Gasteiger partial charge on any atom is 0.263 e. The Labute approximate surface area is 133 Å². The largest absolute Gasteiger partial charge is 0.362 e. The van der Waals surface area contributed by atoms with Gasteiger partial charge in [0.2, 0.25) is 0 Å². The van der Waals surface area contributed by atoms with Gasteiger partial charge in [-0.15, -0.1) is 11.3 Å². The zero-order valence-electron chi connectivity index (χ0n) is 12.0. The molecule has 3 nitrogen and oxygen atoms in total. The summed E-state index contributed by atoms with van der Waals surface area (Å²) in [5.41, 5.74) is 2.10. The molecule has 1 aliphatic heterocycles. The van der Waals surface area contributed by atoms with Crippen LogP contribution < -0.4 is 10.2 Å². The average Bonchev–Trinajstić information content (AvgIpc) is 2.78. The van der Waals surface area contributed by atoms with E-state index in [9.17, 15) is 4.79 Å². The standard InChI is InChI=1S/C16H17ClN2OS/c1-10-9-14-15(21-10)16(20)18-7-8-19(14)11(2)12-5-3-4-6-13(12)17/h3-6,9,11H,7-8H2,1-2H3,(H,18,20). The molecule has 1 aromatic carbocycles. The summed E-state index contributed by atoms with van der Waals surface area (Å²) in [4.78, 5) is 16.3. The number of halogens is 1. The Balaban J connectivity index is 2.03. The highest BCUT2D eigenvalue weighted by Crippen LogP contribution is 2.37. The van der Waals surface area contributed by atoms with E-state index in [1.165, 1.54) is 0 Å². The number of fused-ring (bicyclic) bond motifs is 1. The number of amides is 1. The van der Waals surface area contributed by atoms with Crippen LogP contribution in [-0.4, -0.2) is 19.0 Å². The van der Waals surface area contributed by atoms with Crippen molar-refractivity contribution in [3.8, 4) is 0 Å². The van der Waals surface area contributed by atoms with Crippen LogP contribution in [0.5, 0.6) is 0 Å². The van der Waals surface area contributed by atoms with E-state index in [1.807, 2.05) is 31.2 Å². The molecule has 1 aliphatic rings. The summed E-state index contributed by atoms with van der Waals surface area (Å²) in [6, 6.07) is 10.1. The van der Waals surface area contributed by atoms with Gasteiger partial charge in [0.25, 0.3) is 5.91 Å². The number of nitrogens with zero attached hydrogens (tertiary/aromatic N) is 1. The minimum Gasteiger partial charge on any atom is -0.362 e. The van der Waals surface area contributed by atoms with Gasteiger partial charge in [0, 0.05) is 23.0 Å². The second-order valence-corrected chi connectivity index (χ2v) is 6.88. The Hall–Kier alpha value is -1.52. The van der Waals surface area contributed by atoms with E-state index in [-0.39, 0.29) is 11.9 Å². The second kappa shape index (κ2) is 5.70. The van der Waals surface area contributed by atoms with Gasteiger partial charge in [0.1, 0.15) is 4.88 Å². The lowest BCUT2D eigenvalue weighted by atomic mass is 10.1. The van der Waals surface area contributed by atoms with E-state index in [1.54, 1.807) is 11.3 Å². The lowest BCUT2D eigenvalue weighted by Gasteiger charge is -2.30. The molecule has 0 bridgehead atoms. The number of carbonyl (C=O) groups excluding carboxylic acids is 1. The molecule has 1 amide bonds. The van der Waals surface area contributed by atoms with Crippen molar-refractivity contribution in [1.29, 1.82) is 0 Å². The summed E-state index contributed by atoms with van der Waals surface area (Å²) >= 11 is 7.88. The Kier molecular flexibility index (Phi) is 3.91. The summed E-state index contributed by atoms with van der Waals surface area (Å²) in [6.07, 6.45) is 0. The molecule has 0 saturated carbocycles. The van der Waals surface area contributed by atoms with Gasteiger partial charge in [-0.05, 0) is 31.5 Å². The number of nitrogens with one attached hydrogen (secondary N) is 1. The molecule has 1 unspecified atom stereocenters. The average molecular weight is 321 g/mol. The molecule has 0 aliphatic carbocycles. The Morgan fingerprint density at radius 3 is 2.90 bits per heavy atom. The Bertz CT molecular complexity index is 683. The molecule has 2 heterocycles. The number of benzene rings is 1. The molecule has 1 N–H and O–H groups in total. The summed E-state index contributed by atoms with van der Waals surface area (Å²) in [5.74, 6) is 0.0250. The van der Waals surface area contributed by atoms with Gasteiger partial charge < -0.3 is 10.2 Å². The van der Waals surface area contributed by atoms with Crippen molar-refractivity contribution in [2.75, 3.05) is 18.0 Å². The van der Waals surface area contributed by atoms with Gasteiger partial charge in [-0.3, -0.25) is 4.79 Å². The van der Waals surface area contributed by atoms with E-state index in [0.29, 0.717) is 6.54 Å². The normalized spacial score (nSPS) is 16.1. The van der Waals surface area contributed by atoms with Crippen molar-refractivity contribution in [1.82, 2.24) is 5.32 Å². The lowest BCUT2D eigenvalue weighted by molar-refractivity contribution is 0.0962. The summed E-state index contributed by atoms with van der Waals surface area (Å²) < 4.78 is 0. The molecule has 0 spiro atoms. The van der Waals surface area contributed by atoms with Crippen LogP contribution in [0.2, 0.25) is 5.02 Å². The molecule has 1 atom stereocenters. The molecule has 2 aromatic rings. The van der Waals surface area contributed by atoms with Crippen LogP contribution >= 0.6 is 22.9 Å². The molecule has 0 fully saturated rings. The first-order valence-electron chi connectivity index (χ1n) is 6.97. The molecule has 21 heavy (non-hydrogen) atoms. The van der Waals surface area contributed by atoms with Crippen LogP contribution in [0.15, 0.2) is 30.3 Å². The van der Waals surface area contributed by atoms with Gasteiger partial charge in [-0.2, -0.15) is 0 Å². The highest BCUT2D eigenvalue weighted by molar-refractivity contribution is 7.14. The maximum atomic E-state index is 12.1. The van der Waals surface area contributed by atoms with Crippen LogP contribution in [0.3, 0.4) is 0 Å². The minimum absolute atomic E-state index is 0.0250. The van der Waals surface area contributed by atoms with E-state index < -0.39 is 0 Å². The first kappa shape index (κ1) is 14.4. The number of hydrogen-bond donors (Lipinski definition) is 1. The number of hydrogen-bond acceptors (Lipinski definition) is 3. The zero-order chi connectivity index (χ0) is 15.0. The van der Waals surface area contributed by atoms with E-state index in [4.69, 9.17) is 11.6 Å². The topological polar surface area (TPSA) is 32.3 Å². The van der Waals surface area contributed by atoms with E-state index >= 15 is 0 Å². The summed E-state index contributed by atoms with van der Waals surface area (Å²) in [6.45, 7) is 5.59. The number of rotatable bonds is 2. The van der Waals surface area contributed by atoms with Crippen LogP contribution in [0.25, 0.3) is 0 Å². The number of carbonyl (C=O) groups is 1. The van der Waals surface area contributed by atoms with E-state index in [0.717, 1.165) is 32.6 Å². The summed E-state index contributed by atoms with van der Waals surface area (Å²) in [7, 11) is 0. The third kappa shape index (κ3) is 2.65. The Morgan fingerprint density at radius 1 is 1.38 bits per heavy atom. The third-order valence-corrected chi connectivity index (χ3v) is 5.20. The fraction of sp³-hybridized carbons (Fsp3) is 0.312. The van der Waals surface area contributed by atoms with Crippen molar-refractivity contribution in [3.63, 3.8) is 0 Å². The number of anilines is 1. The molecule has 5 heteroatoms. The smallest absolute Gasteiger partial charge is 0.263 e. The van der Waals surface area contributed by atoms with Gasteiger partial charge in [-0.25, -0.2) is 0 Å². The first-order valence-corrected chi connectivity index (χ1v) is 8.17. The van der Waals surface area contributed by atoms with Crippen LogP contribution in [0, 0.1) is 6.92 Å². The predicted molar refractivity (Wildman–Crippen MR) is 88.6 cm³/mol. The van der Waals surface area contributed by atoms with Crippen molar-refractivity contribution < 1.29 is 4.79 Å². The highest BCUT2D eigenvalue weighted by atomic mass is 35.5. The highest BCUT2D eigenvalue weighted by Gasteiger charge is 2.27. The first-order chi connectivity index (χ1) is 10.1. The van der Waals surface area contributed by atoms with Crippen LogP contribution in [0.4, 0.5) is 5.69 Å². The van der Waals surface area contributed by atoms with Crippen LogP contribution in [-0.2, 0) is 0 Å².